The number of piperidine rings is 2. The van der Waals surface area contributed by atoms with Gasteiger partial charge < -0.3 is 9.64 Å². The SMILES string of the molecule is O=C([C@@H]1CCCN(C2CCN(Cc3cccs3)CC2)C1)N1CCOCC1. The van der Waals surface area contributed by atoms with E-state index in [1.165, 1.54) is 37.4 Å². The van der Waals surface area contributed by atoms with Gasteiger partial charge in [-0.3, -0.25) is 14.6 Å². The Hall–Kier alpha value is -0.950. The predicted molar refractivity (Wildman–Crippen MR) is 104 cm³/mol. The van der Waals surface area contributed by atoms with Gasteiger partial charge in [-0.25, -0.2) is 0 Å². The lowest BCUT2D eigenvalue weighted by Gasteiger charge is -2.43. The molecule has 1 aromatic heterocycles. The number of carbonyl (C=O) groups is 1. The number of nitrogens with zero attached hydrogens (tertiary/aromatic N) is 3. The third kappa shape index (κ3) is 4.47. The second kappa shape index (κ2) is 8.83. The summed E-state index contributed by atoms with van der Waals surface area (Å²) in [5.41, 5.74) is 0. The summed E-state index contributed by atoms with van der Waals surface area (Å²) in [4.78, 5) is 21.6. The summed E-state index contributed by atoms with van der Waals surface area (Å²) in [7, 11) is 0. The molecule has 6 heteroatoms. The minimum atomic E-state index is 0.200. The van der Waals surface area contributed by atoms with Gasteiger partial charge in [-0.1, -0.05) is 6.07 Å². The standard InChI is InChI=1S/C20H31N3O2S/c24-20(22-10-12-25-13-11-22)17-3-1-7-23(15-17)18-5-8-21(9-6-18)16-19-4-2-14-26-19/h2,4,14,17-18H,1,3,5-13,15-16H2/t17-/m1/s1. The van der Waals surface area contributed by atoms with Crippen molar-refractivity contribution < 1.29 is 9.53 Å². The molecule has 0 saturated carbocycles. The smallest absolute Gasteiger partial charge is 0.227 e. The fraction of sp³-hybridized carbons (Fsp3) is 0.750. The molecule has 0 aliphatic carbocycles. The molecule has 0 radical (unpaired) electrons. The van der Waals surface area contributed by atoms with Gasteiger partial charge in [-0.05, 0) is 43.7 Å². The fourth-order valence-electron chi connectivity index (χ4n) is 4.65. The normalized spacial score (nSPS) is 26.9. The van der Waals surface area contributed by atoms with E-state index in [4.69, 9.17) is 4.74 Å². The van der Waals surface area contributed by atoms with E-state index in [-0.39, 0.29) is 5.92 Å². The molecule has 1 atom stereocenters. The molecule has 3 aliphatic heterocycles. The first-order valence-corrected chi connectivity index (χ1v) is 11.0. The van der Waals surface area contributed by atoms with Crippen LogP contribution in [-0.2, 0) is 16.1 Å². The zero-order valence-electron chi connectivity index (χ0n) is 15.6. The number of carbonyl (C=O) groups excluding carboxylic acids is 1. The second-order valence-electron chi connectivity index (χ2n) is 7.86. The van der Waals surface area contributed by atoms with E-state index in [0.717, 1.165) is 39.0 Å². The number of likely N-dealkylation sites (tertiary alicyclic amines) is 2. The van der Waals surface area contributed by atoms with Crippen LogP contribution in [0.15, 0.2) is 17.5 Å². The van der Waals surface area contributed by atoms with E-state index in [9.17, 15) is 4.79 Å². The molecule has 144 valence electrons. The molecule has 5 nitrogen and oxygen atoms in total. The minimum absolute atomic E-state index is 0.200. The van der Waals surface area contributed by atoms with Gasteiger partial charge in [0.05, 0.1) is 19.1 Å². The zero-order valence-corrected chi connectivity index (χ0v) is 16.5. The molecule has 4 rings (SSSR count). The third-order valence-electron chi connectivity index (χ3n) is 6.16. The number of amides is 1. The van der Waals surface area contributed by atoms with Crippen molar-refractivity contribution in [2.45, 2.75) is 38.3 Å². The van der Waals surface area contributed by atoms with E-state index in [1.54, 1.807) is 0 Å². The number of ether oxygens (including phenoxy) is 1. The Balaban J connectivity index is 1.26. The van der Waals surface area contributed by atoms with Crippen molar-refractivity contribution in [2.75, 3.05) is 52.5 Å². The molecule has 3 fully saturated rings. The van der Waals surface area contributed by atoms with E-state index < -0.39 is 0 Å². The maximum absolute atomic E-state index is 12.8. The largest absolute Gasteiger partial charge is 0.378 e. The van der Waals surface area contributed by atoms with Crippen LogP contribution in [0.25, 0.3) is 0 Å². The van der Waals surface area contributed by atoms with E-state index in [1.807, 2.05) is 16.2 Å². The summed E-state index contributed by atoms with van der Waals surface area (Å²) < 4.78 is 5.39. The van der Waals surface area contributed by atoms with Gasteiger partial charge in [0.2, 0.25) is 5.91 Å². The highest BCUT2D eigenvalue weighted by Crippen LogP contribution is 2.26. The average Bonchev–Trinajstić information content (AvgIpc) is 3.22. The molecule has 1 aromatic rings. The molecule has 0 unspecified atom stereocenters. The maximum Gasteiger partial charge on any atom is 0.227 e. The lowest BCUT2D eigenvalue weighted by molar-refractivity contribution is -0.142. The molecule has 0 N–H and O–H groups in total. The first kappa shape index (κ1) is 18.4. The van der Waals surface area contributed by atoms with E-state index in [0.29, 0.717) is 25.2 Å². The van der Waals surface area contributed by atoms with Gasteiger partial charge >= 0.3 is 0 Å². The molecule has 0 aromatic carbocycles. The van der Waals surface area contributed by atoms with Crippen LogP contribution >= 0.6 is 11.3 Å². The van der Waals surface area contributed by atoms with Crippen molar-refractivity contribution in [1.29, 1.82) is 0 Å². The Bertz CT molecular complexity index is 566. The monoisotopic (exact) mass is 377 g/mol. The highest BCUT2D eigenvalue weighted by Gasteiger charge is 2.33. The second-order valence-corrected chi connectivity index (χ2v) is 8.89. The Kier molecular flexibility index (Phi) is 6.25. The summed E-state index contributed by atoms with van der Waals surface area (Å²) in [5, 5.41) is 2.17. The lowest BCUT2D eigenvalue weighted by Crippen LogP contribution is -2.52. The van der Waals surface area contributed by atoms with Gasteiger partial charge in [0.15, 0.2) is 0 Å². The Morgan fingerprint density at radius 2 is 1.92 bits per heavy atom. The number of thiophene rings is 1. The van der Waals surface area contributed by atoms with Crippen molar-refractivity contribution in [2.24, 2.45) is 5.92 Å². The average molecular weight is 378 g/mol. The molecule has 0 spiro atoms. The van der Waals surface area contributed by atoms with E-state index in [2.05, 4.69) is 27.3 Å². The number of rotatable bonds is 4. The number of morpholine rings is 1. The van der Waals surface area contributed by atoms with E-state index >= 15 is 0 Å². The molecule has 3 aliphatic rings. The van der Waals surface area contributed by atoms with Crippen LogP contribution in [0.4, 0.5) is 0 Å². The van der Waals surface area contributed by atoms with Crippen molar-refractivity contribution in [3.05, 3.63) is 22.4 Å². The Morgan fingerprint density at radius 1 is 1.12 bits per heavy atom. The van der Waals surface area contributed by atoms with Gasteiger partial charge in [-0.2, -0.15) is 0 Å². The predicted octanol–water partition coefficient (Wildman–Crippen LogP) is 2.28. The van der Waals surface area contributed by atoms with Gasteiger partial charge in [0.25, 0.3) is 0 Å². The highest BCUT2D eigenvalue weighted by atomic mass is 32.1. The van der Waals surface area contributed by atoms with Crippen LogP contribution in [-0.4, -0.2) is 79.1 Å². The maximum atomic E-state index is 12.8. The Morgan fingerprint density at radius 3 is 2.65 bits per heavy atom. The molecular formula is C20H31N3O2S. The summed E-state index contributed by atoms with van der Waals surface area (Å²) in [5.74, 6) is 0.569. The first-order chi connectivity index (χ1) is 12.8. The van der Waals surface area contributed by atoms with Crippen LogP contribution in [0.1, 0.15) is 30.6 Å². The van der Waals surface area contributed by atoms with Gasteiger partial charge in [-0.15, -0.1) is 11.3 Å². The lowest BCUT2D eigenvalue weighted by atomic mass is 9.92. The minimum Gasteiger partial charge on any atom is -0.378 e. The molecule has 4 heterocycles. The van der Waals surface area contributed by atoms with Gasteiger partial charge in [0.1, 0.15) is 0 Å². The number of hydrogen-bond acceptors (Lipinski definition) is 5. The van der Waals surface area contributed by atoms with Crippen molar-refractivity contribution in [3.8, 4) is 0 Å². The van der Waals surface area contributed by atoms with Crippen molar-refractivity contribution in [3.63, 3.8) is 0 Å². The van der Waals surface area contributed by atoms with Crippen LogP contribution < -0.4 is 0 Å². The molecule has 3 saturated heterocycles. The zero-order chi connectivity index (χ0) is 17.8. The topological polar surface area (TPSA) is 36.0 Å². The van der Waals surface area contributed by atoms with Crippen LogP contribution in [0.2, 0.25) is 0 Å². The molecule has 26 heavy (non-hydrogen) atoms. The van der Waals surface area contributed by atoms with Crippen LogP contribution in [0, 0.1) is 5.92 Å². The first-order valence-electron chi connectivity index (χ1n) is 10.1. The molecule has 0 bridgehead atoms. The van der Waals surface area contributed by atoms with Crippen molar-refractivity contribution in [1.82, 2.24) is 14.7 Å². The highest BCUT2D eigenvalue weighted by molar-refractivity contribution is 7.09. The quantitative estimate of drug-likeness (QED) is 0.807. The number of hydrogen-bond donors (Lipinski definition) is 0. The summed E-state index contributed by atoms with van der Waals surface area (Å²) in [6.07, 6.45) is 4.70. The van der Waals surface area contributed by atoms with Crippen LogP contribution in [0.3, 0.4) is 0 Å². The summed E-state index contributed by atoms with van der Waals surface area (Å²) in [6.45, 7) is 8.54. The summed E-state index contributed by atoms with van der Waals surface area (Å²) >= 11 is 1.86. The molecular weight excluding hydrogens is 346 g/mol. The third-order valence-corrected chi connectivity index (χ3v) is 7.02. The van der Waals surface area contributed by atoms with Crippen LogP contribution in [0.5, 0.6) is 0 Å². The van der Waals surface area contributed by atoms with Gasteiger partial charge in [0, 0.05) is 50.2 Å². The van der Waals surface area contributed by atoms with Crippen molar-refractivity contribution >= 4 is 17.2 Å². The molecule has 1 amide bonds. The summed E-state index contributed by atoms with van der Waals surface area (Å²) in [6, 6.07) is 5.05. The fourth-order valence-corrected chi connectivity index (χ4v) is 5.39. The Labute approximate surface area is 160 Å².